The van der Waals surface area contributed by atoms with Gasteiger partial charge in [0.05, 0.1) is 4.90 Å². The van der Waals surface area contributed by atoms with E-state index in [1.807, 2.05) is 30.3 Å². The van der Waals surface area contributed by atoms with Crippen LogP contribution in [0, 0.1) is 12.5 Å². The number of rotatable bonds is 4. The first-order valence-corrected chi connectivity index (χ1v) is 7.26. The number of hydrogen-bond donors (Lipinski definition) is 0. The van der Waals surface area contributed by atoms with Gasteiger partial charge in [-0.05, 0) is 36.4 Å². The fourth-order valence-electron chi connectivity index (χ4n) is 1.53. The Bertz CT molecular complexity index is 716. The van der Waals surface area contributed by atoms with Crippen molar-refractivity contribution in [3.63, 3.8) is 0 Å². The minimum atomic E-state index is -3.64. The lowest BCUT2D eigenvalue weighted by Crippen LogP contribution is -2.21. The van der Waals surface area contributed by atoms with Crippen molar-refractivity contribution in [2.24, 2.45) is 0 Å². The zero-order valence-electron chi connectivity index (χ0n) is 10.9. The average molecular weight is 287 g/mol. The fraction of sp³-hybridized carbons (Fsp3) is 0.0667. The van der Waals surface area contributed by atoms with E-state index in [-0.39, 0.29) is 4.90 Å². The third-order valence-electron chi connectivity index (χ3n) is 2.64. The summed E-state index contributed by atoms with van der Waals surface area (Å²) in [5, 5.41) is 0. The molecule has 0 atom stereocenters. The largest absolute Gasteiger partial charge is 0.457 e. The quantitative estimate of drug-likeness (QED) is 0.641. The Labute approximate surface area is 118 Å². The van der Waals surface area contributed by atoms with Crippen LogP contribution >= 0.6 is 0 Å². The third-order valence-corrected chi connectivity index (χ3v) is 4.34. The van der Waals surface area contributed by atoms with Crippen molar-refractivity contribution in [3.8, 4) is 24.0 Å². The van der Waals surface area contributed by atoms with E-state index in [4.69, 9.17) is 11.2 Å². The van der Waals surface area contributed by atoms with Gasteiger partial charge in [-0.2, -0.15) is 0 Å². The van der Waals surface area contributed by atoms with Gasteiger partial charge in [0.15, 0.2) is 0 Å². The molecular weight excluding hydrogens is 274 g/mol. The molecule has 0 bridgehead atoms. The molecule has 0 aromatic heterocycles. The van der Waals surface area contributed by atoms with Gasteiger partial charge in [0, 0.05) is 13.1 Å². The monoisotopic (exact) mass is 287 g/mol. The SMILES string of the molecule is C#CN(C)S(=O)(=O)c1ccc(Oc2ccccc2)cc1. The zero-order chi connectivity index (χ0) is 14.6. The summed E-state index contributed by atoms with van der Waals surface area (Å²) in [5.74, 6) is 1.24. The Hall–Kier alpha value is -2.45. The topological polar surface area (TPSA) is 46.6 Å². The first kappa shape index (κ1) is 14.0. The Balaban J connectivity index is 2.22. The van der Waals surface area contributed by atoms with Gasteiger partial charge in [-0.3, -0.25) is 0 Å². The van der Waals surface area contributed by atoms with Crippen molar-refractivity contribution >= 4 is 10.0 Å². The molecule has 0 heterocycles. The summed E-state index contributed by atoms with van der Waals surface area (Å²) in [6.07, 6.45) is 5.10. The minimum absolute atomic E-state index is 0.123. The molecule has 0 spiro atoms. The van der Waals surface area contributed by atoms with E-state index in [2.05, 4.69) is 6.04 Å². The van der Waals surface area contributed by atoms with Crippen LogP contribution in [-0.2, 0) is 10.0 Å². The maximum atomic E-state index is 12.0. The molecule has 2 rings (SSSR count). The van der Waals surface area contributed by atoms with Gasteiger partial charge in [-0.25, -0.2) is 12.7 Å². The van der Waals surface area contributed by atoms with Gasteiger partial charge < -0.3 is 4.74 Å². The highest BCUT2D eigenvalue weighted by molar-refractivity contribution is 7.89. The van der Waals surface area contributed by atoms with E-state index in [9.17, 15) is 8.42 Å². The van der Waals surface area contributed by atoms with Crippen LogP contribution in [-0.4, -0.2) is 19.8 Å². The highest BCUT2D eigenvalue weighted by Crippen LogP contribution is 2.23. The van der Waals surface area contributed by atoms with Gasteiger partial charge in [-0.1, -0.05) is 24.6 Å². The molecule has 0 aliphatic heterocycles. The number of ether oxygens (including phenoxy) is 1. The zero-order valence-corrected chi connectivity index (χ0v) is 11.7. The summed E-state index contributed by atoms with van der Waals surface area (Å²) in [5.41, 5.74) is 0. The van der Waals surface area contributed by atoms with Crippen LogP contribution in [0.4, 0.5) is 0 Å². The maximum absolute atomic E-state index is 12.0. The average Bonchev–Trinajstić information content (AvgIpc) is 2.48. The number of hydrogen-bond acceptors (Lipinski definition) is 3. The molecule has 4 nitrogen and oxygen atoms in total. The summed E-state index contributed by atoms with van der Waals surface area (Å²) < 4.78 is 30.4. The van der Waals surface area contributed by atoms with Crippen LogP contribution < -0.4 is 4.74 Å². The smallest absolute Gasteiger partial charge is 0.270 e. The molecule has 0 radical (unpaired) electrons. The van der Waals surface area contributed by atoms with Crippen molar-refractivity contribution in [1.82, 2.24) is 4.31 Å². The van der Waals surface area contributed by atoms with E-state index >= 15 is 0 Å². The molecule has 102 valence electrons. The predicted molar refractivity (Wildman–Crippen MR) is 76.7 cm³/mol. The Kier molecular flexibility index (Phi) is 3.97. The fourth-order valence-corrected chi connectivity index (χ4v) is 2.47. The minimum Gasteiger partial charge on any atom is -0.457 e. The molecule has 0 unspecified atom stereocenters. The molecule has 0 aliphatic carbocycles. The summed E-state index contributed by atoms with van der Waals surface area (Å²) >= 11 is 0. The maximum Gasteiger partial charge on any atom is 0.270 e. The van der Waals surface area contributed by atoms with Crippen LogP contribution in [0.15, 0.2) is 59.5 Å². The Morgan fingerprint density at radius 2 is 1.55 bits per heavy atom. The van der Waals surface area contributed by atoms with Crippen molar-refractivity contribution in [3.05, 3.63) is 54.6 Å². The molecular formula is C15H13NO3S. The lowest BCUT2D eigenvalue weighted by atomic mass is 10.3. The number of benzene rings is 2. The molecule has 0 amide bonds. The molecule has 0 aliphatic rings. The molecule has 5 heteroatoms. The van der Waals surface area contributed by atoms with Gasteiger partial charge in [-0.15, -0.1) is 0 Å². The van der Waals surface area contributed by atoms with Crippen LogP contribution in [0.25, 0.3) is 0 Å². The second-order valence-corrected chi connectivity index (χ2v) is 5.96. The summed E-state index contributed by atoms with van der Waals surface area (Å²) in [6, 6.07) is 17.4. The van der Waals surface area contributed by atoms with Gasteiger partial charge in [0.2, 0.25) is 0 Å². The number of nitrogens with zero attached hydrogens (tertiary/aromatic N) is 1. The second kappa shape index (κ2) is 5.68. The van der Waals surface area contributed by atoms with Crippen LogP contribution in [0.5, 0.6) is 11.5 Å². The summed E-state index contributed by atoms with van der Waals surface area (Å²) in [4.78, 5) is 0.123. The summed E-state index contributed by atoms with van der Waals surface area (Å²) in [6.45, 7) is 0. The van der Waals surface area contributed by atoms with Crippen LogP contribution in [0.2, 0.25) is 0 Å². The Morgan fingerprint density at radius 1 is 1.00 bits per heavy atom. The number of terminal acetylenes is 1. The van der Waals surface area contributed by atoms with Crippen molar-refractivity contribution < 1.29 is 13.2 Å². The van der Waals surface area contributed by atoms with E-state index in [1.165, 1.54) is 19.2 Å². The van der Waals surface area contributed by atoms with Crippen molar-refractivity contribution in [2.45, 2.75) is 4.90 Å². The van der Waals surface area contributed by atoms with E-state index < -0.39 is 10.0 Å². The lowest BCUT2D eigenvalue weighted by molar-refractivity contribution is 0.482. The molecule has 20 heavy (non-hydrogen) atoms. The van der Waals surface area contributed by atoms with Crippen LogP contribution in [0.3, 0.4) is 0 Å². The highest BCUT2D eigenvalue weighted by Gasteiger charge is 2.18. The van der Waals surface area contributed by atoms with Crippen LogP contribution in [0.1, 0.15) is 0 Å². The molecule has 2 aromatic rings. The van der Waals surface area contributed by atoms with E-state index in [1.54, 1.807) is 12.1 Å². The van der Waals surface area contributed by atoms with Gasteiger partial charge >= 0.3 is 0 Å². The molecule has 0 saturated heterocycles. The lowest BCUT2D eigenvalue weighted by Gasteiger charge is -2.12. The van der Waals surface area contributed by atoms with E-state index in [0.717, 1.165) is 4.31 Å². The van der Waals surface area contributed by atoms with Crippen molar-refractivity contribution in [2.75, 3.05) is 7.05 Å². The van der Waals surface area contributed by atoms with Crippen molar-refractivity contribution in [1.29, 1.82) is 0 Å². The molecule has 0 saturated carbocycles. The normalized spacial score (nSPS) is 10.6. The standard InChI is InChI=1S/C15H13NO3S/c1-3-16(2)20(17,18)15-11-9-14(10-12-15)19-13-7-5-4-6-8-13/h1,4-12H,2H3. The molecule has 0 fully saturated rings. The Morgan fingerprint density at radius 3 is 2.10 bits per heavy atom. The second-order valence-electron chi connectivity index (χ2n) is 3.99. The third kappa shape index (κ3) is 2.92. The summed E-state index contributed by atoms with van der Waals surface area (Å²) in [7, 11) is -2.31. The number of para-hydroxylation sites is 1. The molecule has 2 aromatic carbocycles. The molecule has 0 N–H and O–H groups in total. The van der Waals surface area contributed by atoms with Gasteiger partial charge in [0.1, 0.15) is 11.5 Å². The highest BCUT2D eigenvalue weighted by atomic mass is 32.2. The first-order chi connectivity index (χ1) is 9.54. The first-order valence-electron chi connectivity index (χ1n) is 5.82. The number of sulfonamides is 1. The van der Waals surface area contributed by atoms with E-state index in [0.29, 0.717) is 11.5 Å². The van der Waals surface area contributed by atoms with Gasteiger partial charge in [0.25, 0.3) is 10.0 Å². The predicted octanol–water partition coefficient (Wildman–Crippen LogP) is 2.69.